The van der Waals surface area contributed by atoms with Crippen molar-refractivity contribution in [1.29, 1.82) is 0 Å². The minimum Gasteiger partial charge on any atom is -0.386 e. The van der Waals surface area contributed by atoms with E-state index >= 15 is 0 Å². The summed E-state index contributed by atoms with van der Waals surface area (Å²) >= 11 is 0. The molecule has 254 valence electrons. The summed E-state index contributed by atoms with van der Waals surface area (Å²) in [6, 6.07) is 0. The van der Waals surface area contributed by atoms with E-state index in [1.54, 1.807) is 0 Å². The molecular weight excluding hydrogens is 675 g/mol. The average Bonchev–Trinajstić information content (AvgIpc) is 3.46. The van der Waals surface area contributed by atoms with Crippen LogP contribution in [0.1, 0.15) is 26.5 Å². The summed E-state index contributed by atoms with van der Waals surface area (Å²) in [5.41, 5.74) is 9.25. The smallest absolute Gasteiger partial charge is 0.386 e. The van der Waals surface area contributed by atoms with Crippen LogP contribution in [0.4, 0.5) is 5.82 Å². The molecule has 1 aliphatic heterocycles. The van der Waals surface area contributed by atoms with Gasteiger partial charge in [0.2, 0.25) is 11.8 Å². The molecule has 45 heavy (non-hydrogen) atoms. The lowest BCUT2D eigenvalue weighted by atomic mass is 9.87. The van der Waals surface area contributed by atoms with E-state index in [1.807, 2.05) is 0 Å². The van der Waals surface area contributed by atoms with Crippen LogP contribution in [0.25, 0.3) is 11.2 Å². The van der Waals surface area contributed by atoms with Crippen molar-refractivity contribution in [2.75, 3.05) is 25.5 Å². The summed E-state index contributed by atoms with van der Waals surface area (Å²) < 4.78 is 61.4. The van der Waals surface area contributed by atoms with Crippen LogP contribution < -0.4 is 16.8 Å². The van der Waals surface area contributed by atoms with Gasteiger partial charge in [0, 0.05) is 18.4 Å². The SMILES string of the molecule is CC(C)(COP(=O)(O)OP(=O)(O)OC[C@H]1O[C@@H](n2cnc3c(N)ncnc32)[C@H](O)[C@@H]1OP(=O)(O)O)C(O)C(=O)NCCC(N)=O. The summed E-state index contributed by atoms with van der Waals surface area (Å²) in [7, 11) is -16.3. The van der Waals surface area contributed by atoms with Crippen LogP contribution in [-0.4, -0.2) is 105 Å². The van der Waals surface area contributed by atoms with Crippen molar-refractivity contribution in [2.24, 2.45) is 11.1 Å². The number of hydrogen-bond acceptors (Lipinski definition) is 16. The minimum atomic E-state index is -5.53. The molecule has 2 amide bonds. The van der Waals surface area contributed by atoms with E-state index in [-0.39, 0.29) is 29.9 Å². The highest BCUT2D eigenvalue weighted by molar-refractivity contribution is 7.61. The molecule has 11 N–H and O–H groups in total. The minimum absolute atomic E-state index is 0.0359. The number of nitrogens with zero attached hydrogens (tertiary/aromatic N) is 4. The number of fused-ring (bicyclic) bond motifs is 1. The second kappa shape index (κ2) is 14.1. The van der Waals surface area contributed by atoms with Gasteiger partial charge < -0.3 is 51.3 Å². The van der Waals surface area contributed by atoms with Gasteiger partial charge in [-0.1, -0.05) is 13.8 Å². The highest BCUT2D eigenvalue weighted by atomic mass is 31.3. The zero-order valence-electron chi connectivity index (χ0n) is 23.4. The molecule has 0 radical (unpaired) electrons. The third-order valence-corrected chi connectivity index (χ3v) is 9.20. The first kappa shape index (κ1) is 37.0. The van der Waals surface area contributed by atoms with E-state index in [2.05, 4.69) is 38.2 Å². The maximum Gasteiger partial charge on any atom is 0.481 e. The Morgan fingerprint density at radius 3 is 2.40 bits per heavy atom. The maximum atomic E-state index is 12.5. The number of anilines is 1. The standard InChI is InChI=1S/C19H32N7O16P3/c1-19(2,14(29)17(30)22-4-3-10(20)27)6-39-45(36,37)42-44(34,35)38-5-9-13(41-43(31,32)33)12(28)18(40-9)26-8-25-11-15(21)23-7-24-16(11)26/h7-9,12-14,18,28-29H,3-6H2,1-2H3,(H2,20,27)(H,22,30)(H,34,35)(H,36,37)(H2,21,23,24)(H2,31,32,33)/t9-,12-,13-,14?,18-/m1/s1. The molecule has 26 heteroatoms. The van der Waals surface area contributed by atoms with Crippen LogP contribution in [0.2, 0.25) is 0 Å². The number of imidazole rings is 1. The Morgan fingerprint density at radius 1 is 1.13 bits per heavy atom. The van der Waals surface area contributed by atoms with E-state index in [0.29, 0.717) is 0 Å². The number of aliphatic hydroxyl groups excluding tert-OH is 2. The van der Waals surface area contributed by atoms with E-state index in [4.69, 9.17) is 16.2 Å². The molecule has 0 aliphatic carbocycles. The summed E-state index contributed by atoms with van der Waals surface area (Å²) in [5.74, 6) is -1.72. The number of carbonyl (C=O) groups is 2. The molecule has 3 rings (SSSR count). The number of carbonyl (C=O) groups excluding carboxylic acids is 2. The van der Waals surface area contributed by atoms with Gasteiger partial charge in [-0.25, -0.2) is 28.6 Å². The Bertz CT molecular complexity index is 1530. The van der Waals surface area contributed by atoms with Gasteiger partial charge in [-0.05, 0) is 0 Å². The fourth-order valence-electron chi connectivity index (χ4n) is 3.86. The van der Waals surface area contributed by atoms with Crippen molar-refractivity contribution in [3.8, 4) is 0 Å². The second-order valence-corrected chi connectivity index (χ2v) is 14.4. The highest BCUT2D eigenvalue weighted by Crippen LogP contribution is 2.61. The zero-order valence-corrected chi connectivity index (χ0v) is 26.1. The van der Waals surface area contributed by atoms with Crippen molar-refractivity contribution in [2.45, 2.75) is 50.9 Å². The fourth-order valence-corrected chi connectivity index (χ4v) is 6.69. The van der Waals surface area contributed by atoms with Crippen molar-refractivity contribution in [3.05, 3.63) is 12.7 Å². The van der Waals surface area contributed by atoms with Gasteiger partial charge >= 0.3 is 23.5 Å². The molecule has 0 bridgehead atoms. The quantitative estimate of drug-likeness (QED) is 0.0833. The summed E-state index contributed by atoms with van der Waals surface area (Å²) in [4.78, 5) is 73.3. The highest BCUT2D eigenvalue weighted by Gasteiger charge is 2.50. The van der Waals surface area contributed by atoms with Crippen molar-refractivity contribution in [3.63, 3.8) is 0 Å². The average molecular weight is 707 g/mol. The molecule has 0 saturated carbocycles. The number of nitrogen functional groups attached to an aromatic ring is 1. The van der Waals surface area contributed by atoms with Gasteiger partial charge in [-0.15, -0.1) is 0 Å². The van der Waals surface area contributed by atoms with E-state index < -0.39 is 84.6 Å². The van der Waals surface area contributed by atoms with Gasteiger partial charge in [0.15, 0.2) is 17.7 Å². The monoisotopic (exact) mass is 707 g/mol. The van der Waals surface area contributed by atoms with Crippen molar-refractivity contribution in [1.82, 2.24) is 24.8 Å². The number of ether oxygens (including phenoxy) is 1. The lowest BCUT2D eigenvalue weighted by molar-refractivity contribution is -0.137. The first-order valence-corrected chi connectivity index (χ1v) is 17.0. The molecule has 7 atom stereocenters. The lowest BCUT2D eigenvalue weighted by Gasteiger charge is -2.30. The third kappa shape index (κ3) is 10.0. The lowest BCUT2D eigenvalue weighted by Crippen LogP contribution is -2.46. The van der Waals surface area contributed by atoms with E-state index in [9.17, 15) is 53.1 Å². The zero-order chi connectivity index (χ0) is 34.0. The molecule has 1 aliphatic rings. The number of rotatable bonds is 16. The van der Waals surface area contributed by atoms with E-state index in [1.165, 1.54) is 13.8 Å². The summed E-state index contributed by atoms with van der Waals surface area (Å²) in [6.07, 6.45) is -6.87. The number of phosphoric ester groups is 3. The Kier molecular flexibility index (Phi) is 11.6. The Balaban J connectivity index is 1.66. The van der Waals surface area contributed by atoms with Crippen molar-refractivity contribution >= 4 is 52.3 Å². The second-order valence-electron chi connectivity index (χ2n) is 10.2. The number of phosphoric acid groups is 3. The van der Waals surface area contributed by atoms with Crippen LogP contribution in [-0.2, 0) is 45.9 Å². The number of amides is 2. The Labute approximate surface area is 253 Å². The number of hydrogen-bond donors (Lipinski definition) is 9. The first-order valence-electron chi connectivity index (χ1n) is 12.5. The van der Waals surface area contributed by atoms with Gasteiger partial charge in [0.25, 0.3) is 0 Å². The molecule has 1 fully saturated rings. The molecule has 2 aromatic rings. The maximum absolute atomic E-state index is 12.5. The van der Waals surface area contributed by atoms with Crippen LogP contribution in [0.15, 0.2) is 12.7 Å². The first-order chi connectivity index (χ1) is 20.6. The van der Waals surface area contributed by atoms with Gasteiger partial charge in [-0.2, -0.15) is 4.31 Å². The molecular formula is C19H32N7O16P3. The predicted molar refractivity (Wildman–Crippen MR) is 146 cm³/mol. The number of aromatic nitrogens is 4. The van der Waals surface area contributed by atoms with Crippen LogP contribution in [0.5, 0.6) is 0 Å². The van der Waals surface area contributed by atoms with Crippen LogP contribution in [0.3, 0.4) is 0 Å². The van der Waals surface area contributed by atoms with Crippen molar-refractivity contribution < 1.29 is 75.7 Å². The van der Waals surface area contributed by atoms with E-state index in [0.717, 1.165) is 17.2 Å². The molecule has 3 heterocycles. The fraction of sp³-hybridized carbons (Fsp3) is 0.632. The normalized spacial score (nSPS) is 24.2. The van der Waals surface area contributed by atoms with Crippen LogP contribution in [0, 0.1) is 5.41 Å². The largest absolute Gasteiger partial charge is 0.481 e. The number of nitrogens with two attached hydrogens (primary N) is 2. The number of nitrogens with one attached hydrogen (secondary N) is 1. The molecule has 3 unspecified atom stereocenters. The van der Waals surface area contributed by atoms with Gasteiger partial charge in [0.05, 0.1) is 19.5 Å². The third-order valence-electron chi connectivity index (χ3n) is 6.10. The molecule has 2 aromatic heterocycles. The number of primary amides is 1. The molecule has 23 nitrogen and oxygen atoms in total. The Hall–Kier alpha value is -2.46. The Morgan fingerprint density at radius 2 is 1.78 bits per heavy atom. The van der Waals surface area contributed by atoms with Crippen LogP contribution >= 0.6 is 23.5 Å². The van der Waals surface area contributed by atoms with Gasteiger partial charge in [-0.3, -0.25) is 27.7 Å². The molecule has 1 saturated heterocycles. The summed E-state index contributed by atoms with van der Waals surface area (Å²) in [5, 5.41) is 23.3. The summed E-state index contributed by atoms with van der Waals surface area (Å²) in [6.45, 7) is 0.301. The molecule has 0 aromatic carbocycles. The number of aliphatic hydroxyl groups is 2. The predicted octanol–water partition coefficient (Wildman–Crippen LogP) is -2.23. The molecule has 0 spiro atoms. The topological polar surface area (TPSA) is 361 Å². The van der Waals surface area contributed by atoms with Gasteiger partial charge in [0.1, 0.15) is 36.3 Å².